The highest BCUT2D eigenvalue weighted by Gasteiger charge is 2.19. The molecular weight excluding hydrogens is 601 g/mol. The maximum absolute atomic E-state index is 2.37. The Morgan fingerprint density at radius 2 is 0.600 bits per heavy atom. The summed E-state index contributed by atoms with van der Waals surface area (Å²) < 4.78 is 0. The van der Waals surface area contributed by atoms with Crippen molar-refractivity contribution in [3.05, 3.63) is 194 Å². The Labute approximate surface area is 291 Å². The molecule has 0 heteroatoms. The third kappa shape index (κ3) is 4.61. The van der Waals surface area contributed by atoms with E-state index in [2.05, 4.69) is 194 Å². The van der Waals surface area contributed by atoms with E-state index in [0.717, 1.165) is 0 Å². The molecule has 0 radical (unpaired) electrons. The summed E-state index contributed by atoms with van der Waals surface area (Å²) in [6, 6.07) is 71.4. The minimum absolute atomic E-state index is 1.23. The van der Waals surface area contributed by atoms with Gasteiger partial charge in [0.1, 0.15) is 0 Å². The Balaban J connectivity index is 1.17. The molecule has 0 bridgehead atoms. The molecule has 0 heterocycles. The van der Waals surface area contributed by atoms with Crippen LogP contribution < -0.4 is 0 Å². The van der Waals surface area contributed by atoms with E-state index in [1.165, 1.54) is 98.4 Å². The summed E-state index contributed by atoms with van der Waals surface area (Å²) in [7, 11) is 0. The van der Waals surface area contributed by atoms with Crippen molar-refractivity contribution in [3.8, 4) is 44.5 Å². The molecular formula is C50H32. The van der Waals surface area contributed by atoms with E-state index in [0.29, 0.717) is 0 Å². The van der Waals surface area contributed by atoms with E-state index in [1.807, 2.05) is 0 Å². The monoisotopic (exact) mass is 632 g/mol. The Morgan fingerprint density at radius 1 is 0.200 bits per heavy atom. The molecule has 0 aromatic heterocycles. The predicted octanol–water partition coefficient (Wildman–Crippen LogP) is 14.1. The number of fused-ring (bicyclic) bond motifs is 5. The Hall–Kier alpha value is -6.50. The van der Waals surface area contributed by atoms with Gasteiger partial charge in [-0.25, -0.2) is 0 Å². The smallest absolute Gasteiger partial charge is 0.00201 e. The molecule has 0 aliphatic carbocycles. The highest BCUT2D eigenvalue weighted by Crippen LogP contribution is 2.47. The minimum Gasteiger partial charge on any atom is -0.0616 e. The van der Waals surface area contributed by atoms with Crippen molar-refractivity contribution in [2.24, 2.45) is 0 Å². The van der Waals surface area contributed by atoms with Gasteiger partial charge in [-0.1, -0.05) is 176 Å². The summed E-state index contributed by atoms with van der Waals surface area (Å²) in [4.78, 5) is 0. The van der Waals surface area contributed by atoms with Crippen LogP contribution >= 0.6 is 0 Å². The van der Waals surface area contributed by atoms with Crippen LogP contribution in [0.4, 0.5) is 0 Å². The standard InChI is InChI=1S/C50H32/c1-2-14-35-30-36(25-24-33(35)12-1)37-26-27-39-32-40(29-28-38(39)31-37)49-45-19-7-9-21-47(45)50(48-22-10-8-20-46(48)49)44-18-6-5-17-43(44)42-23-11-15-34-13-3-4-16-41(34)42/h1-32H. The summed E-state index contributed by atoms with van der Waals surface area (Å²) in [5, 5.41) is 12.6. The van der Waals surface area contributed by atoms with Crippen LogP contribution in [0, 0.1) is 0 Å². The second-order valence-corrected chi connectivity index (χ2v) is 13.3. The van der Waals surface area contributed by atoms with Crippen LogP contribution in [-0.4, -0.2) is 0 Å². The van der Waals surface area contributed by atoms with E-state index < -0.39 is 0 Å². The van der Waals surface area contributed by atoms with Gasteiger partial charge in [0.15, 0.2) is 0 Å². The highest BCUT2D eigenvalue weighted by molar-refractivity contribution is 6.23. The van der Waals surface area contributed by atoms with Gasteiger partial charge < -0.3 is 0 Å². The Bertz CT molecular complexity index is 2860. The van der Waals surface area contributed by atoms with Gasteiger partial charge >= 0.3 is 0 Å². The molecule has 0 saturated carbocycles. The van der Waals surface area contributed by atoms with Crippen molar-refractivity contribution in [1.29, 1.82) is 0 Å². The molecule has 0 saturated heterocycles. The number of hydrogen-bond acceptors (Lipinski definition) is 0. The molecule has 0 spiro atoms. The number of benzene rings is 10. The summed E-state index contributed by atoms with van der Waals surface area (Å²) in [5.74, 6) is 0. The average molecular weight is 633 g/mol. The molecule has 10 aromatic rings. The first kappa shape index (κ1) is 28.5. The van der Waals surface area contributed by atoms with Crippen molar-refractivity contribution < 1.29 is 0 Å². The van der Waals surface area contributed by atoms with Crippen molar-refractivity contribution >= 4 is 53.9 Å². The molecule has 10 aromatic carbocycles. The SMILES string of the molecule is c1ccc(-c2c3ccccc3c(-c3ccc4cc(-c5ccc6ccccc6c5)ccc4c3)c3ccccc23)c(-c2cccc3ccccc23)c1. The van der Waals surface area contributed by atoms with E-state index in [1.54, 1.807) is 0 Å². The first-order chi connectivity index (χ1) is 24.8. The largest absolute Gasteiger partial charge is 0.0616 e. The van der Waals surface area contributed by atoms with Crippen LogP contribution in [0.3, 0.4) is 0 Å². The Kier molecular flexibility index (Phi) is 6.60. The molecule has 0 amide bonds. The maximum Gasteiger partial charge on any atom is -0.00201 e. The van der Waals surface area contributed by atoms with Gasteiger partial charge in [0.25, 0.3) is 0 Å². The average Bonchev–Trinajstić information content (AvgIpc) is 3.19. The fourth-order valence-electron chi connectivity index (χ4n) is 8.08. The third-order valence-corrected chi connectivity index (χ3v) is 10.4. The fraction of sp³-hybridized carbons (Fsp3) is 0. The summed E-state index contributed by atoms with van der Waals surface area (Å²) in [5.41, 5.74) is 10.0. The summed E-state index contributed by atoms with van der Waals surface area (Å²) in [6.07, 6.45) is 0. The van der Waals surface area contributed by atoms with Crippen LogP contribution in [0.1, 0.15) is 0 Å². The van der Waals surface area contributed by atoms with Crippen molar-refractivity contribution in [2.45, 2.75) is 0 Å². The van der Waals surface area contributed by atoms with Gasteiger partial charge in [-0.3, -0.25) is 0 Å². The third-order valence-electron chi connectivity index (χ3n) is 10.4. The van der Waals surface area contributed by atoms with E-state index in [-0.39, 0.29) is 0 Å². The maximum atomic E-state index is 2.37. The Morgan fingerprint density at radius 3 is 1.26 bits per heavy atom. The molecule has 232 valence electrons. The zero-order valence-corrected chi connectivity index (χ0v) is 27.5. The van der Waals surface area contributed by atoms with Gasteiger partial charge in [-0.2, -0.15) is 0 Å². The van der Waals surface area contributed by atoms with Crippen LogP contribution in [-0.2, 0) is 0 Å². The first-order valence-corrected chi connectivity index (χ1v) is 17.3. The van der Waals surface area contributed by atoms with Crippen molar-refractivity contribution in [2.75, 3.05) is 0 Å². The summed E-state index contributed by atoms with van der Waals surface area (Å²) >= 11 is 0. The second-order valence-electron chi connectivity index (χ2n) is 13.3. The lowest BCUT2D eigenvalue weighted by molar-refractivity contribution is 1.63. The normalized spacial score (nSPS) is 11.6. The molecule has 50 heavy (non-hydrogen) atoms. The molecule has 0 fully saturated rings. The molecule has 0 atom stereocenters. The molecule has 0 unspecified atom stereocenters. The van der Waals surface area contributed by atoms with Gasteiger partial charge in [-0.05, 0) is 117 Å². The zero-order chi connectivity index (χ0) is 33.0. The fourth-order valence-corrected chi connectivity index (χ4v) is 8.08. The molecule has 0 aliphatic heterocycles. The lowest BCUT2D eigenvalue weighted by Crippen LogP contribution is -1.93. The van der Waals surface area contributed by atoms with Crippen LogP contribution in [0.5, 0.6) is 0 Å². The van der Waals surface area contributed by atoms with Gasteiger partial charge in [0.05, 0.1) is 0 Å². The number of hydrogen-bond donors (Lipinski definition) is 0. The quantitative estimate of drug-likeness (QED) is 0.169. The van der Waals surface area contributed by atoms with Gasteiger partial charge in [0.2, 0.25) is 0 Å². The van der Waals surface area contributed by atoms with Gasteiger partial charge in [-0.15, -0.1) is 0 Å². The summed E-state index contributed by atoms with van der Waals surface area (Å²) in [6.45, 7) is 0. The number of rotatable bonds is 4. The van der Waals surface area contributed by atoms with Crippen molar-refractivity contribution in [3.63, 3.8) is 0 Å². The molecule has 0 aliphatic rings. The van der Waals surface area contributed by atoms with Crippen molar-refractivity contribution in [1.82, 2.24) is 0 Å². The van der Waals surface area contributed by atoms with E-state index in [9.17, 15) is 0 Å². The predicted molar refractivity (Wildman–Crippen MR) is 216 cm³/mol. The topological polar surface area (TPSA) is 0 Å². The lowest BCUT2D eigenvalue weighted by Gasteiger charge is -2.20. The van der Waals surface area contributed by atoms with Crippen LogP contribution in [0.2, 0.25) is 0 Å². The molecule has 0 nitrogen and oxygen atoms in total. The zero-order valence-electron chi connectivity index (χ0n) is 27.5. The van der Waals surface area contributed by atoms with E-state index in [4.69, 9.17) is 0 Å². The van der Waals surface area contributed by atoms with E-state index >= 15 is 0 Å². The minimum atomic E-state index is 1.23. The molecule has 0 N–H and O–H groups in total. The first-order valence-electron chi connectivity index (χ1n) is 17.3. The van der Waals surface area contributed by atoms with Crippen LogP contribution in [0.25, 0.3) is 98.4 Å². The lowest BCUT2D eigenvalue weighted by atomic mass is 9.83. The molecule has 10 rings (SSSR count). The van der Waals surface area contributed by atoms with Gasteiger partial charge in [0, 0.05) is 0 Å². The van der Waals surface area contributed by atoms with Crippen LogP contribution in [0.15, 0.2) is 194 Å². The second kappa shape index (κ2) is 11.6. The highest BCUT2D eigenvalue weighted by atomic mass is 14.2.